The highest BCUT2D eigenvalue weighted by Gasteiger charge is 2.52. The van der Waals surface area contributed by atoms with E-state index in [0.717, 1.165) is 63.2 Å². The minimum atomic E-state index is -0.879. The molecular weight excluding hydrogens is 378 g/mol. The quantitative estimate of drug-likeness (QED) is 0.807. The number of benzene rings is 2. The molecule has 2 atom stereocenters. The average molecular weight is 408 g/mol. The lowest BCUT2D eigenvalue weighted by Crippen LogP contribution is -2.57. The predicted octanol–water partition coefficient (Wildman–Crippen LogP) is 4.59. The van der Waals surface area contributed by atoms with Crippen molar-refractivity contribution >= 4 is 5.97 Å². The normalized spacial score (nSPS) is 25.2. The van der Waals surface area contributed by atoms with Crippen molar-refractivity contribution in [3.8, 4) is 5.75 Å². The third-order valence-electron chi connectivity index (χ3n) is 7.10. The molecule has 3 aliphatic rings. The molecule has 0 bridgehead atoms. The van der Waals surface area contributed by atoms with E-state index in [-0.39, 0.29) is 11.7 Å². The summed E-state index contributed by atoms with van der Waals surface area (Å²) in [6, 6.07) is 13.8. The maximum atomic E-state index is 11.1. The molecule has 0 aromatic heterocycles. The zero-order valence-corrected chi connectivity index (χ0v) is 17.5. The van der Waals surface area contributed by atoms with E-state index in [9.17, 15) is 4.79 Å². The Kier molecular flexibility index (Phi) is 5.03. The van der Waals surface area contributed by atoms with Crippen molar-refractivity contribution in [3.05, 3.63) is 64.7 Å². The molecule has 0 unspecified atom stereocenters. The summed E-state index contributed by atoms with van der Waals surface area (Å²) in [4.78, 5) is 13.5. The van der Waals surface area contributed by atoms with Crippen molar-refractivity contribution in [2.24, 2.45) is 5.92 Å². The molecular formula is C25H29NO4. The summed E-state index contributed by atoms with van der Waals surface area (Å²) in [5, 5.41) is 9.08. The summed E-state index contributed by atoms with van der Waals surface area (Å²) < 4.78 is 13.1. The molecule has 5 nitrogen and oxygen atoms in total. The van der Waals surface area contributed by atoms with Gasteiger partial charge in [-0.25, -0.2) is 4.79 Å². The monoisotopic (exact) mass is 407 g/mol. The predicted molar refractivity (Wildman–Crippen MR) is 114 cm³/mol. The molecule has 1 N–H and O–H groups in total. The Labute approximate surface area is 177 Å². The zero-order chi connectivity index (χ0) is 20.7. The molecule has 2 aromatic rings. The Morgan fingerprint density at radius 3 is 2.67 bits per heavy atom. The molecule has 5 heteroatoms. The molecule has 3 heterocycles. The first-order valence-corrected chi connectivity index (χ1v) is 11.0. The van der Waals surface area contributed by atoms with Crippen molar-refractivity contribution in [1.82, 2.24) is 4.90 Å². The minimum absolute atomic E-state index is 0.143. The SMILES string of the molecule is Cc1ccc2c(c1)OC1(CCN(Cc3ccc(C(=O)O)cc3)CC1)[C@H]1CCCO[C@H]21. The van der Waals surface area contributed by atoms with Gasteiger partial charge in [0.2, 0.25) is 0 Å². The number of hydrogen-bond donors (Lipinski definition) is 1. The van der Waals surface area contributed by atoms with E-state index < -0.39 is 5.97 Å². The van der Waals surface area contributed by atoms with Gasteiger partial charge in [-0.2, -0.15) is 0 Å². The van der Waals surface area contributed by atoms with Crippen LogP contribution in [0.4, 0.5) is 0 Å². The van der Waals surface area contributed by atoms with Gasteiger partial charge in [0.25, 0.3) is 0 Å². The second kappa shape index (κ2) is 7.71. The summed E-state index contributed by atoms with van der Waals surface area (Å²) in [5.41, 5.74) is 3.79. The van der Waals surface area contributed by atoms with Crippen LogP contribution in [0.15, 0.2) is 42.5 Å². The molecule has 2 aromatic carbocycles. The fourth-order valence-corrected chi connectivity index (χ4v) is 5.46. The Balaban J connectivity index is 1.32. The molecule has 5 rings (SSSR count). The van der Waals surface area contributed by atoms with Crippen LogP contribution >= 0.6 is 0 Å². The van der Waals surface area contributed by atoms with Crippen LogP contribution in [0.5, 0.6) is 5.75 Å². The standard InChI is InChI=1S/C25H29NO4/c1-17-4-9-20-22(15-17)30-25(21-3-2-14-29-23(20)21)10-12-26(13-11-25)16-18-5-7-19(8-6-18)24(27)28/h4-9,15,21,23H,2-3,10-14,16H2,1H3,(H,27,28)/t21-,23+/m0/s1. The third kappa shape index (κ3) is 3.50. The van der Waals surface area contributed by atoms with E-state index in [0.29, 0.717) is 11.5 Å². The van der Waals surface area contributed by atoms with E-state index in [2.05, 4.69) is 30.0 Å². The summed E-state index contributed by atoms with van der Waals surface area (Å²) in [5.74, 6) is 0.546. The Morgan fingerprint density at radius 1 is 1.17 bits per heavy atom. The van der Waals surface area contributed by atoms with E-state index in [1.54, 1.807) is 12.1 Å². The molecule has 0 radical (unpaired) electrons. The van der Waals surface area contributed by atoms with Gasteiger partial charge in [0.15, 0.2) is 0 Å². The maximum Gasteiger partial charge on any atom is 0.335 e. The lowest BCUT2D eigenvalue weighted by Gasteiger charge is -2.53. The van der Waals surface area contributed by atoms with Crippen molar-refractivity contribution in [2.45, 2.75) is 50.9 Å². The van der Waals surface area contributed by atoms with Gasteiger partial charge in [0, 0.05) is 50.6 Å². The molecule has 0 amide bonds. The lowest BCUT2D eigenvalue weighted by atomic mass is 9.70. The van der Waals surface area contributed by atoms with Gasteiger partial charge in [-0.05, 0) is 49.1 Å². The van der Waals surface area contributed by atoms with Crippen molar-refractivity contribution in [1.29, 1.82) is 0 Å². The zero-order valence-electron chi connectivity index (χ0n) is 17.5. The number of aromatic carboxylic acids is 1. The van der Waals surface area contributed by atoms with Gasteiger partial charge >= 0.3 is 5.97 Å². The van der Waals surface area contributed by atoms with Gasteiger partial charge in [-0.15, -0.1) is 0 Å². The number of carboxylic acids is 1. The molecule has 2 fully saturated rings. The smallest absolute Gasteiger partial charge is 0.335 e. The average Bonchev–Trinajstić information content (AvgIpc) is 2.76. The van der Waals surface area contributed by atoms with E-state index in [1.165, 1.54) is 11.1 Å². The summed E-state index contributed by atoms with van der Waals surface area (Å²) >= 11 is 0. The van der Waals surface area contributed by atoms with Crippen LogP contribution < -0.4 is 4.74 Å². The number of carboxylic acid groups (broad SMARTS) is 1. The first kappa shape index (κ1) is 19.6. The third-order valence-corrected chi connectivity index (χ3v) is 7.10. The highest BCUT2D eigenvalue weighted by atomic mass is 16.5. The topological polar surface area (TPSA) is 59.0 Å². The highest BCUT2D eigenvalue weighted by molar-refractivity contribution is 5.87. The maximum absolute atomic E-state index is 11.1. The summed E-state index contributed by atoms with van der Waals surface area (Å²) in [7, 11) is 0. The first-order chi connectivity index (χ1) is 14.5. The number of rotatable bonds is 3. The molecule has 0 aliphatic carbocycles. The van der Waals surface area contributed by atoms with Gasteiger partial charge in [-0.3, -0.25) is 4.90 Å². The lowest BCUT2D eigenvalue weighted by molar-refractivity contribution is -0.150. The van der Waals surface area contributed by atoms with E-state index in [1.807, 2.05) is 12.1 Å². The summed E-state index contributed by atoms with van der Waals surface area (Å²) in [6.45, 7) is 5.75. The van der Waals surface area contributed by atoms with Crippen LogP contribution in [-0.2, 0) is 11.3 Å². The largest absolute Gasteiger partial charge is 0.486 e. The summed E-state index contributed by atoms with van der Waals surface area (Å²) in [6.07, 6.45) is 4.41. The number of ether oxygens (including phenoxy) is 2. The van der Waals surface area contributed by atoms with Crippen LogP contribution in [0.1, 0.15) is 58.8 Å². The van der Waals surface area contributed by atoms with Gasteiger partial charge in [0.05, 0.1) is 11.7 Å². The fourth-order valence-electron chi connectivity index (χ4n) is 5.46. The number of aryl methyl sites for hydroxylation is 1. The van der Waals surface area contributed by atoms with Crippen LogP contribution in [0.2, 0.25) is 0 Å². The Hall–Kier alpha value is -2.37. The number of hydrogen-bond acceptors (Lipinski definition) is 4. The number of likely N-dealkylation sites (tertiary alicyclic amines) is 1. The molecule has 0 saturated carbocycles. The van der Waals surface area contributed by atoms with Crippen LogP contribution in [0.3, 0.4) is 0 Å². The molecule has 1 spiro atoms. The highest BCUT2D eigenvalue weighted by Crippen LogP contribution is 2.53. The number of carbonyl (C=O) groups is 1. The van der Waals surface area contributed by atoms with Crippen LogP contribution in [0.25, 0.3) is 0 Å². The van der Waals surface area contributed by atoms with Crippen molar-refractivity contribution < 1.29 is 19.4 Å². The Morgan fingerprint density at radius 2 is 1.93 bits per heavy atom. The van der Waals surface area contributed by atoms with Gasteiger partial charge < -0.3 is 14.6 Å². The van der Waals surface area contributed by atoms with E-state index in [4.69, 9.17) is 14.6 Å². The molecule has 2 saturated heterocycles. The van der Waals surface area contributed by atoms with Crippen molar-refractivity contribution in [3.63, 3.8) is 0 Å². The Bertz CT molecular complexity index is 931. The molecule has 30 heavy (non-hydrogen) atoms. The van der Waals surface area contributed by atoms with E-state index >= 15 is 0 Å². The van der Waals surface area contributed by atoms with Gasteiger partial charge in [-0.1, -0.05) is 24.3 Å². The van der Waals surface area contributed by atoms with Crippen LogP contribution in [0, 0.1) is 12.8 Å². The van der Waals surface area contributed by atoms with Crippen LogP contribution in [-0.4, -0.2) is 41.3 Å². The number of nitrogens with zero attached hydrogens (tertiary/aromatic N) is 1. The molecule has 3 aliphatic heterocycles. The molecule has 158 valence electrons. The van der Waals surface area contributed by atoms with Crippen molar-refractivity contribution in [2.75, 3.05) is 19.7 Å². The number of fused-ring (bicyclic) bond motifs is 4. The first-order valence-electron chi connectivity index (χ1n) is 11.0. The minimum Gasteiger partial charge on any atom is -0.486 e. The second-order valence-electron chi connectivity index (χ2n) is 9.03. The second-order valence-corrected chi connectivity index (χ2v) is 9.03. The fraction of sp³-hybridized carbons (Fsp3) is 0.480. The number of piperidine rings is 1. The van der Waals surface area contributed by atoms with Gasteiger partial charge in [0.1, 0.15) is 11.4 Å².